The van der Waals surface area contributed by atoms with Gasteiger partial charge in [0.25, 0.3) is 0 Å². The molecule has 1 heterocycles. The summed E-state index contributed by atoms with van der Waals surface area (Å²) in [6.07, 6.45) is 8.53. The maximum atomic E-state index is 13.5. The molecule has 3 aromatic rings. The number of nitrogen functional groups attached to an aromatic ring is 1. The van der Waals surface area contributed by atoms with Crippen molar-refractivity contribution in [3.8, 4) is 0 Å². The number of fused-ring (bicyclic) bond motifs is 3. The van der Waals surface area contributed by atoms with Crippen LogP contribution in [0.3, 0.4) is 0 Å². The van der Waals surface area contributed by atoms with Gasteiger partial charge in [0, 0.05) is 33.9 Å². The molecule has 0 aliphatic heterocycles. The van der Waals surface area contributed by atoms with Gasteiger partial charge in [-0.15, -0.1) is 0 Å². The molecule has 4 rings (SSSR count). The minimum atomic E-state index is -0.459. The molecule has 0 radical (unpaired) electrons. The lowest BCUT2D eigenvalue weighted by Gasteiger charge is -2.13. The van der Waals surface area contributed by atoms with Crippen LogP contribution >= 0.6 is 0 Å². The lowest BCUT2D eigenvalue weighted by molar-refractivity contribution is 0.544. The molecule has 3 N–H and O–H groups in total. The van der Waals surface area contributed by atoms with Crippen LogP contribution in [0, 0.1) is 5.41 Å². The maximum Gasteiger partial charge on any atom is 0.122 e. The van der Waals surface area contributed by atoms with E-state index in [1.165, 1.54) is 0 Å². The van der Waals surface area contributed by atoms with Gasteiger partial charge in [-0.2, -0.15) is 0 Å². The van der Waals surface area contributed by atoms with Gasteiger partial charge in [-0.25, -0.2) is 4.39 Å². The lowest BCUT2D eigenvalue weighted by atomic mass is 10.1. The van der Waals surface area contributed by atoms with Crippen LogP contribution in [0.5, 0.6) is 0 Å². The third-order valence-electron chi connectivity index (χ3n) is 4.94. The molecule has 1 aliphatic rings. The number of hydrogen-bond acceptors (Lipinski definition) is 1. The molecule has 0 unspecified atom stereocenters. The van der Waals surface area contributed by atoms with Crippen molar-refractivity contribution in [2.45, 2.75) is 13.0 Å². The fourth-order valence-corrected chi connectivity index (χ4v) is 3.60. The highest BCUT2D eigenvalue weighted by atomic mass is 19.1. The second kappa shape index (κ2) is 6.64. The fourth-order valence-electron chi connectivity index (χ4n) is 3.60. The Balaban J connectivity index is 1.94. The van der Waals surface area contributed by atoms with Crippen LogP contribution in [0.4, 0.5) is 4.39 Å². The normalized spacial score (nSPS) is 14.3. The first kappa shape index (κ1) is 16.3. The molecule has 0 saturated carbocycles. The standard InChI is InChI=1S/C22H20FN3/c23-13-16-6-2-1-3-7-17(16)14-26-20-9-5-4-8-18(20)19-12-15(22(24)25)10-11-21(19)26/h1-6,8-12H,7,13-14H2,(H3,24,25). The molecular weight excluding hydrogens is 325 g/mol. The Morgan fingerprint density at radius 2 is 1.88 bits per heavy atom. The van der Waals surface area contributed by atoms with Crippen LogP contribution in [0.15, 0.2) is 77.9 Å². The van der Waals surface area contributed by atoms with E-state index in [4.69, 9.17) is 11.1 Å². The Bertz CT molecular complexity index is 1100. The molecule has 1 aromatic heterocycles. The average Bonchev–Trinajstić information content (AvgIpc) is 2.80. The van der Waals surface area contributed by atoms with Crippen molar-refractivity contribution in [2.24, 2.45) is 5.73 Å². The maximum absolute atomic E-state index is 13.5. The summed E-state index contributed by atoms with van der Waals surface area (Å²) in [5.41, 5.74) is 10.4. The number of nitrogens with two attached hydrogens (primary N) is 1. The van der Waals surface area contributed by atoms with Crippen LogP contribution in [-0.4, -0.2) is 17.1 Å². The second-order valence-corrected chi connectivity index (χ2v) is 6.50. The topological polar surface area (TPSA) is 54.8 Å². The summed E-state index contributed by atoms with van der Waals surface area (Å²) < 4.78 is 15.8. The molecular formula is C22H20FN3. The minimum Gasteiger partial charge on any atom is -0.384 e. The summed E-state index contributed by atoms with van der Waals surface area (Å²) >= 11 is 0. The van der Waals surface area contributed by atoms with E-state index in [9.17, 15) is 4.39 Å². The molecule has 0 bridgehead atoms. The van der Waals surface area contributed by atoms with Crippen molar-refractivity contribution < 1.29 is 4.39 Å². The van der Waals surface area contributed by atoms with E-state index >= 15 is 0 Å². The zero-order valence-electron chi connectivity index (χ0n) is 14.4. The predicted octanol–water partition coefficient (Wildman–Crippen LogP) is 4.86. The van der Waals surface area contributed by atoms with Crippen LogP contribution in [-0.2, 0) is 6.54 Å². The van der Waals surface area contributed by atoms with E-state index < -0.39 is 6.67 Å². The van der Waals surface area contributed by atoms with Crippen molar-refractivity contribution in [2.75, 3.05) is 6.67 Å². The molecule has 0 amide bonds. The zero-order valence-corrected chi connectivity index (χ0v) is 14.4. The number of halogens is 1. The zero-order chi connectivity index (χ0) is 18.1. The summed E-state index contributed by atoms with van der Waals surface area (Å²) in [5.74, 6) is 0.0604. The first-order valence-electron chi connectivity index (χ1n) is 8.64. The molecule has 2 aromatic carbocycles. The van der Waals surface area contributed by atoms with E-state index in [1.807, 2.05) is 48.6 Å². The largest absolute Gasteiger partial charge is 0.384 e. The van der Waals surface area contributed by atoms with Gasteiger partial charge in [0.05, 0.1) is 0 Å². The number of allylic oxidation sites excluding steroid dienone is 6. The van der Waals surface area contributed by atoms with Crippen molar-refractivity contribution >= 4 is 27.6 Å². The Morgan fingerprint density at radius 1 is 1.08 bits per heavy atom. The Hall–Kier alpha value is -3.14. The van der Waals surface area contributed by atoms with Gasteiger partial charge in [0.15, 0.2) is 0 Å². The van der Waals surface area contributed by atoms with Crippen LogP contribution in [0.2, 0.25) is 0 Å². The van der Waals surface area contributed by atoms with Crippen LogP contribution in [0.1, 0.15) is 12.0 Å². The van der Waals surface area contributed by atoms with Crippen molar-refractivity contribution in [3.05, 3.63) is 83.5 Å². The van der Waals surface area contributed by atoms with Gasteiger partial charge in [-0.05, 0) is 41.8 Å². The molecule has 0 spiro atoms. The van der Waals surface area contributed by atoms with Crippen LogP contribution < -0.4 is 5.73 Å². The quantitative estimate of drug-likeness (QED) is 0.515. The Morgan fingerprint density at radius 3 is 2.69 bits per heavy atom. The number of nitrogens with zero attached hydrogens (tertiary/aromatic N) is 1. The fraction of sp³-hybridized carbons (Fsp3) is 0.136. The SMILES string of the molecule is N=C(N)c1ccc2c(c1)c1ccccc1n2CC1=C(CF)C=CC=CC1. The number of alkyl halides is 1. The van der Waals surface area contributed by atoms with E-state index in [-0.39, 0.29) is 5.84 Å². The number of hydrogen-bond donors (Lipinski definition) is 2. The smallest absolute Gasteiger partial charge is 0.122 e. The Kier molecular flexibility index (Phi) is 4.17. The number of nitrogens with one attached hydrogen (secondary N) is 1. The highest BCUT2D eigenvalue weighted by molar-refractivity contribution is 6.10. The monoisotopic (exact) mass is 345 g/mol. The number of aromatic nitrogens is 1. The lowest BCUT2D eigenvalue weighted by Crippen LogP contribution is -2.10. The van der Waals surface area contributed by atoms with Crippen molar-refractivity contribution in [1.82, 2.24) is 4.57 Å². The minimum absolute atomic E-state index is 0.0604. The summed E-state index contributed by atoms with van der Waals surface area (Å²) in [7, 11) is 0. The molecule has 0 fully saturated rings. The second-order valence-electron chi connectivity index (χ2n) is 6.50. The first-order valence-corrected chi connectivity index (χ1v) is 8.64. The number of benzene rings is 2. The molecule has 0 atom stereocenters. The first-order chi connectivity index (χ1) is 12.7. The van der Waals surface area contributed by atoms with Gasteiger partial charge < -0.3 is 10.3 Å². The van der Waals surface area contributed by atoms with Crippen LogP contribution in [0.25, 0.3) is 21.8 Å². The van der Waals surface area contributed by atoms with Gasteiger partial charge in [-0.1, -0.05) is 42.5 Å². The molecule has 3 nitrogen and oxygen atoms in total. The highest BCUT2D eigenvalue weighted by Gasteiger charge is 2.14. The molecule has 0 saturated heterocycles. The molecule has 130 valence electrons. The Labute approximate surface area is 151 Å². The molecule has 4 heteroatoms. The summed E-state index contributed by atoms with van der Waals surface area (Å²) in [4.78, 5) is 0. The van der Waals surface area contributed by atoms with E-state index in [1.54, 1.807) is 0 Å². The predicted molar refractivity (Wildman–Crippen MR) is 106 cm³/mol. The highest BCUT2D eigenvalue weighted by Crippen LogP contribution is 2.31. The van der Waals surface area contributed by atoms with Gasteiger partial charge in [0.2, 0.25) is 0 Å². The van der Waals surface area contributed by atoms with Gasteiger partial charge >= 0.3 is 0 Å². The summed E-state index contributed by atoms with van der Waals surface area (Å²) in [6.45, 7) is 0.177. The summed E-state index contributed by atoms with van der Waals surface area (Å²) in [5, 5.41) is 9.90. The van der Waals surface area contributed by atoms with E-state index in [0.29, 0.717) is 12.1 Å². The number of para-hydroxylation sites is 1. The van der Waals surface area contributed by atoms with Gasteiger partial charge in [0.1, 0.15) is 12.5 Å². The third kappa shape index (κ3) is 2.73. The van der Waals surface area contributed by atoms with Crippen molar-refractivity contribution in [3.63, 3.8) is 0 Å². The number of rotatable bonds is 4. The summed E-state index contributed by atoms with van der Waals surface area (Å²) in [6, 6.07) is 14.0. The van der Waals surface area contributed by atoms with E-state index in [0.717, 1.165) is 39.4 Å². The van der Waals surface area contributed by atoms with Crippen molar-refractivity contribution in [1.29, 1.82) is 5.41 Å². The van der Waals surface area contributed by atoms with Gasteiger partial charge in [-0.3, -0.25) is 5.41 Å². The third-order valence-corrected chi connectivity index (χ3v) is 4.94. The average molecular weight is 345 g/mol. The molecule has 26 heavy (non-hydrogen) atoms. The number of amidine groups is 1. The van der Waals surface area contributed by atoms with E-state index in [2.05, 4.69) is 22.8 Å². The molecule has 1 aliphatic carbocycles.